The average molecular weight is 273 g/mol. The van der Waals surface area contributed by atoms with Crippen LogP contribution in [0.3, 0.4) is 0 Å². The smallest absolute Gasteiger partial charge is 0.00686 e. The van der Waals surface area contributed by atoms with Crippen molar-refractivity contribution in [2.75, 3.05) is 0 Å². The Morgan fingerprint density at radius 3 is 2.05 bits per heavy atom. The van der Waals surface area contributed by atoms with Crippen LogP contribution in [0.15, 0.2) is 24.3 Å². The molecule has 1 unspecified atom stereocenters. The molecule has 0 heterocycles. The molecule has 0 saturated heterocycles. The summed E-state index contributed by atoms with van der Waals surface area (Å²) >= 11 is 0. The molecule has 112 valence electrons. The zero-order valence-corrected chi connectivity index (χ0v) is 13.5. The van der Waals surface area contributed by atoms with E-state index in [0.717, 1.165) is 11.8 Å². The van der Waals surface area contributed by atoms with Crippen molar-refractivity contribution in [3.05, 3.63) is 35.4 Å². The fourth-order valence-corrected chi connectivity index (χ4v) is 3.56. The largest absolute Gasteiger partial charge is 0.326 e. The van der Waals surface area contributed by atoms with Gasteiger partial charge in [-0.15, -0.1) is 0 Å². The third-order valence-corrected chi connectivity index (χ3v) is 4.45. The van der Waals surface area contributed by atoms with Gasteiger partial charge in [-0.25, -0.2) is 0 Å². The van der Waals surface area contributed by atoms with Gasteiger partial charge in [-0.05, 0) is 63.0 Å². The second kappa shape index (κ2) is 6.76. The molecule has 1 atom stereocenters. The first-order chi connectivity index (χ1) is 9.43. The summed E-state index contributed by atoms with van der Waals surface area (Å²) in [7, 11) is 0. The first-order valence-electron chi connectivity index (χ1n) is 8.29. The van der Waals surface area contributed by atoms with Gasteiger partial charge in [-0.2, -0.15) is 0 Å². The summed E-state index contributed by atoms with van der Waals surface area (Å²) in [6.07, 6.45) is 10.1. The maximum atomic E-state index is 5.35. The molecular formula is C19H31N. The van der Waals surface area contributed by atoms with E-state index in [-0.39, 0.29) is 5.54 Å². The van der Waals surface area contributed by atoms with Crippen molar-refractivity contribution in [2.45, 2.75) is 71.3 Å². The zero-order valence-electron chi connectivity index (χ0n) is 13.5. The lowest BCUT2D eigenvalue weighted by atomic mass is 9.76. The lowest BCUT2D eigenvalue weighted by Gasteiger charge is -2.29. The summed E-state index contributed by atoms with van der Waals surface area (Å²) < 4.78 is 0. The molecule has 0 spiro atoms. The number of rotatable bonds is 1. The van der Waals surface area contributed by atoms with Gasteiger partial charge < -0.3 is 5.73 Å². The van der Waals surface area contributed by atoms with Gasteiger partial charge in [0.2, 0.25) is 0 Å². The van der Waals surface area contributed by atoms with E-state index < -0.39 is 0 Å². The fraction of sp³-hybridized carbons (Fsp3) is 0.684. The van der Waals surface area contributed by atoms with Crippen LogP contribution < -0.4 is 5.73 Å². The molecule has 3 rings (SSSR count). The number of aryl methyl sites for hydroxylation is 1. The highest BCUT2D eigenvalue weighted by atomic mass is 14.7. The molecule has 20 heavy (non-hydrogen) atoms. The van der Waals surface area contributed by atoms with Crippen LogP contribution in [0.5, 0.6) is 0 Å². The summed E-state index contributed by atoms with van der Waals surface area (Å²) in [6.45, 7) is 5.90. The van der Waals surface area contributed by atoms with Gasteiger partial charge in [0.05, 0.1) is 0 Å². The third-order valence-electron chi connectivity index (χ3n) is 4.45. The SMILES string of the molecule is CC(C)(C)N.c1ccc2c(c1)CCC(C1CCCC1)C2. The standard InChI is InChI=1S/C15H20.C4H11N/c1-2-6-12(5-1)15-10-9-13-7-3-4-8-14(13)11-15;1-4(2,3)5/h3-4,7-8,12,15H,1-2,5-6,9-11H2;5H2,1-3H3. The molecule has 1 nitrogen and oxygen atoms in total. The molecule has 2 aliphatic rings. The Balaban J connectivity index is 0.000000257. The Bertz CT molecular complexity index is 404. The number of benzene rings is 1. The quantitative estimate of drug-likeness (QED) is 0.787. The van der Waals surface area contributed by atoms with E-state index in [9.17, 15) is 0 Å². The Labute approximate surface area is 125 Å². The first-order valence-corrected chi connectivity index (χ1v) is 8.29. The monoisotopic (exact) mass is 273 g/mol. The molecule has 1 heteroatoms. The van der Waals surface area contributed by atoms with Gasteiger partial charge in [0, 0.05) is 5.54 Å². The van der Waals surface area contributed by atoms with Crippen molar-refractivity contribution in [1.29, 1.82) is 0 Å². The average Bonchev–Trinajstić information content (AvgIpc) is 2.90. The van der Waals surface area contributed by atoms with Crippen LogP contribution in [0.1, 0.15) is 64.0 Å². The first kappa shape index (κ1) is 15.6. The van der Waals surface area contributed by atoms with Crippen molar-refractivity contribution >= 4 is 0 Å². The molecule has 0 radical (unpaired) electrons. The Hall–Kier alpha value is -0.820. The number of fused-ring (bicyclic) bond motifs is 1. The predicted octanol–water partition coefficient (Wildman–Crippen LogP) is 4.73. The lowest BCUT2D eigenvalue weighted by Crippen LogP contribution is -2.26. The minimum absolute atomic E-state index is 0. The van der Waals surface area contributed by atoms with Crippen molar-refractivity contribution < 1.29 is 0 Å². The van der Waals surface area contributed by atoms with E-state index in [4.69, 9.17) is 5.73 Å². The highest BCUT2D eigenvalue weighted by molar-refractivity contribution is 5.29. The van der Waals surface area contributed by atoms with Gasteiger partial charge in [0.1, 0.15) is 0 Å². The predicted molar refractivity (Wildman–Crippen MR) is 87.9 cm³/mol. The van der Waals surface area contributed by atoms with E-state index in [1.54, 1.807) is 11.1 Å². The maximum Gasteiger partial charge on any atom is 0.00686 e. The van der Waals surface area contributed by atoms with Gasteiger partial charge in [0.15, 0.2) is 0 Å². The topological polar surface area (TPSA) is 26.0 Å². The second-order valence-corrected chi connectivity index (χ2v) is 7.68. The summed E-state index contributed by atoms with van der Waals surface area (Å²) in [6, 6.07) is 9.06. The van der Waals surface area contributed by atoms with Crippen LogP contribution in [0, 0.1) is 11.8 Å². The van der Waals surface area contributed by atoms with Crippen LogP contribution in [0.2, 0.25) is 0 Å². The molecular weight excluding hydrogens is 242 g/mol. The minimum Gasteiger partial charge on any atom is -0.326 e. The molecule has 2 aliphatic carbocycles. The van der Waals surface area contributed by atoms with Crippen LogP contribution in [-0.2, 0) is 12.8 Å². The fourth-order valence-electron chi connectivity index (χ4n) is 3.56. The highest BCUT2D eigenvalue weighted by Crippen LogP contribution is 2.38. The normalized spacial score (nSPS) is 22.9. The molecule has 0 aliphatic heterocycles. The molecule has 1 aromatic rings. The summed E-state index contributed by atoms with van der Waals surface area (Å²) in [5, 5.41) is 0. The lowest BCUT2D eigenvalue weighted by molar-refractivity contribution is 0.304. The molecule has 0 bridgehead atoms. The van der Waals surface area contributed by atoms with E-state index in [2.05, 4.69) is 24.3 Å². The highest BCUT2D eigenvalue weighted by Gasteiger charge is 2.27. The van der Waals surface area contributed by atoms with E-state index in [0.29, 0.717) is 0 Å². The van der Waals surface area contributed by atoms with Gasteiger partial charge >= 0.3 is 0 Å². The van der Waals surface area contributed by atoms with Gasteiger partial charge in [-0.3, -0.25) is 0 Å². The molecule has 1 saturated carbocycles. The number of hydrogen-bond acceptors (Lipinski definition) is 1. The summed E-state index contributed by atoms with van der Waals surface area (Å²) in [4.78, 5) is 0. The second-order valence-electron chi connectivity index (χ2n) is 7.68. The van der Waals surface area contributed by atoms with E-state index in [1.807, 2.05) is 20.8 Å². The van der Waals surface area contributed by atoms with Crippen molar-refractivity contribution in [3.63, 3.8) is 0 Å². The minimum atomic E-state index is 0. The summed E-state index contributed by atoms with van der Waals surface area (Å²) in [5.41, 5.74) is 8.61. The Morgan fingerprint density at radius 2 is 1.45 bits per heavy atom. The Kier molecular flexibility index (Phi) is 5.26. The Morgan fingerprint density at radius 1 is 0.900 bits per heavy atom. The molecule has 2 N–H and O–H groups in total. The van der Waals surface area contributed by atoms with Crippen LogP contribution in [0.4, 0.5) is 0 Å². The van der Waals surface area contributed by atoms with E-state index in [1.165, 1.54) is 44.9 Å². The van der Waals surface area contributed by atoms with Crippen LogP contribution in [-0.4, -0.2) is 5.54 Å². The molecule has 1 fully saturated rings. The van der Waals surface area contributed by atoms with Crippen molar-refractivity contribution in [3.8, 4) is 0 Å². The van der Waals surface area contributed by atoms with Crippen LogP contribution >= 0.6 is 0 Å². The zero-order chi connectivity index (χ0) is 14.6. The number of nitrogens with two attached hydrogens (primary N) is 1. The van der Waals surface area contributed by atoms with Gasteiger partial charge in [-0.1, -0.05) is 49.9 Å². The molecule has 0 amide bonds. The van der Waals surface area contributed by atoms with E-state index >= 15 is 0 Å². The van der Waals surface area contributed by atoms with Crippen molar-refractivity contribution in [1.82, 2.24) is 0 Å². The number of hydrogen-bond donors (Lipinski definition) is 1. The third kappa shape index (κ3) is 4.94. The summed E-state index contributed by atoms with van der Waals surface area (Å²) in [5.74, 6) is 2.06. The molecule has 1 aromatic carbocycles. The molecule has 0 aromatic heterocycles. The maximum absolute atomic E-state index is 5.35. The van der Waals surface area contributed by atoms with Crippen molar-refractivity contribution in [2.24, 2.45) is 17.6 Å². The van der Waals surface area contributed by atoms with Gasteiger partial charge in [0.25, 0.3) is 0 Å². The van der Waals surface area contributed by atoms with Crippen LogP contribution in [0.25, 0.3) is 0 Å².